The van der Waals surface area contributed by atoms with E-state index in [4.69, 9.17) is 0 Å². The Balaban J connectivity index is 1.47. The summed E-state index contributed by atoms with van der Waals surface area (Å²) in [6.45, 7) is 4.19. The zero-order valence-corrected chi connectivity index (χ0v) is 12.8. The zero-order chi connectivity index (χ0) is 14.5. The molecule has 0 unspecified atom stereocenters. The molecule has 0 spiro atoms. The number of piperidine rings is 2. The van der Waals surface area contributed by atoms with Gasteiger partial charge in [-0.15, -0.1) is 0 Å². The predicted octanol–water partition coefficient (Wildman–Crippen LogP) is 1.44. The van der Waals surface area contributed by atoms with Gasteiger partial charge in [0.15, 0.2) is 0 Å². The van der Waals surface area contributed by atoms with E-state index in [0.29, 0.717) is 11.8 Å². The molecule has 3 nitrogen and oxygen atoms in total. The number of quaternary nitrogens is 1. The highest BCUT2D eigenvalue weighted by Crippen LogP contribution is 2.24. The van der Waals surface area contributed by atoms with Crippen molar-refractivity contribution in [2.45, 2.75) is 32.1 Å². The van der Waals surface area contributed by atoms with Gasteiger partial charge in [0, 0.05) is 31.8 Å². The molecule has 0 saturated carbocycles. The van der Waals surface area contributed by atoms with Crippen LogP contribution in [-0.2, 0) is 11.2 Å². The third-order valence-corrected chi connectivity index (χ3v) is 5.08. The molecule has 2 fully saturated rings. The van der Waals surface area contributed by atoms with Crippen LogP contribution >= 0.6 is 0 Å². The van der Waals surface area contributed by atoms with Crippen LogP contribution < -0.4 is 5.32 Å². The fourth-order valence-electron chi connectivity index (χ4n) is 3.74. The van der Waals surface area contributed by atoms with Crippen molar-refractivity contribution in [3.8, 4) is 0 Å². The van der Waals surface area contributed by atoms with E-state index in [-0.39, 0.29) is 0 Å². The van der Waals surface area contributed by atoms with E-state index < -0.39 is 0 Å². The number of carbonyl (C=O) groups excluding carboxylic acids is 1. The van der Waals surface area contributed by atoms with Gasteiger partial charge in [-0.3, -0.25) is 4.79 Å². The van der Waals surface area contributed by atoms with Gasteiger partial charge in [0.1, 0.15) is 0 Å². The zero-order valence-electron chi connectivity index (χ0n) is 12.8. The van der Waals surface area contributed by atoms with Crippen LogP contribution in [0.3, 0.4) is 0 Å². The van der Waals surface area contributed by atoms with Crippen LogP contribution in [0.1, 0.15) is 31.2 Å². The molecule has 0 aliphatic carbocycles. The van der Waals surface area contributed by atoms with Crippen LogP contribution in [0.5, 0.6) is 0 Å². The third-order valence-electron chi connectivity index (χ3n) is 5.08. The van der Waals surface area contributed by atoms with Gasteiger partial charge in [-0.1, -0.05) is 30.3 Å². The van der Waals surface area contributed by atoms with Crippen molar-refractivity contribution in [2.24, 2.45) is 11.8 Å². The number of carbonyl (C=O) groups is 1. The maximum Gasteiger partial charge on any atom is 0.226 e. The summed E-state index contributed by atoms with van der Waals surface area (Å²) in [5, 5.41) is 2.33. The molecule has 0 bridgehead atoms. The van der Waals surface area contributed by atoms with E-state index in [9.17, 15) is 4.79 Å². The normalized spacial score (nSPS) is 21.4. The van der Waals surface area contributed by atoms with Crippen molar-refractivity contribution in [1.82, 2.24) is 4.90 Å². The van der Waals surface area contributed by atoms with Crippen LogP contribution in [0.25, 0.3) is 0 Å². The van der Waals surface area contributed by atoms with Crippen LogP contribution in [0.4, 0.5) is 0 Å². The summed E-state index contributed by atoms with van der Waals surface area (Å²) in [7, 11) is 0. The van der Waals surface area contributed by atoms with Crippen LogP contribution in [0.15, 0.2) is 30.3 Å². The number of likely N-dealkylation sites (tertiary alicyclic amines) is 1. The van der Waals surface area contributed by atoms with Gasteiger partial charge < -0.3 is 10.2 Å². The lowest BCUT2D eigenvalue weighted by molar-refractivity contribution is -0.664. The quantitative estimate of drug-likeness (QED) is 0.897. The summed E-state index contributed by atoms with van der Waals surface area (Å²) in [6, 6.07) is 10.8. The van der Waals surface area contributed by atoms with E-state index in [1.807, 2.05) is 0 Å². The molecule has 21 heavy (non-hydrogen) atoms. The Kier molecular flexibility index (Phi) is 4.91. The summed E-state index contributed by atoms with van der Waals surface area (Å²) in [5.74, 6) is 1.48. The second-order valence-corrected chi connectivity index (χ2v) is 6.60. The van der Waals surface area contributed by atoms with Crippen molar-refractivity contribution in [1.29, 1.82) is 0 Å². The summed E-state index contributed by atoms with van der Waals surface area (Å²) in [6.07, 6.45) is 5.64. The number of nitrogens with zero attached hydrogens (tertiary/aromatic N) is 1. The minimum absolute atomic E-state index is 0.306. The Bertz CT molecular complexity index is 446. The smallest absolute Gasteiger partial charge is 0.226 e. The molecule has 2 aliphatic rings. The maximum atomic E-state index is 12.5. The molecule has 2 N–H and O–H groups in total. The highest BCUT2D eigenvalue weighted by atomic mass is 16.2. The Morgan fingerprint density at radius 3 is 2.38 bits per heavy atom. The average Bonchev–Trinajstić information content (AvgIpc) is 2.57. The second kappa shape index (κ2) is 7.08. The average molecular weight is 287 g/mol. The molecule has 0 atom stereocenters. The Morgan fingerprint density at radius 1 is 1.05 bits per heavy atom. The molecule has 2 saturated heterocycles. The highest BCUT2D eigenvalue weighted by molar-refractivity contribution is 5.79. The molecule has 3 heteroatoms. The van der Waals surface area contributed by atoms with E-state index in [0.717, 1.165) is 44.9 Å². The summed E-state index contributed by atoms with van der Waals surface area (Å²) < 4.78 is 0. The molecule has 3 rings (SSSR count). The minimum Gasteiger partial charge on any atom is -0.346 e. The molecule has 1 aromatic rings. The molecule has 1 aromatic carbocycles. The van der Waals surface area contributed by atoms with Crippen molar-refractivity contribution < 1.29 is 10.1 Å². The Hall–Kier alpha value is -1.35. The van der Waals surface area contributed by atoms with Crippen LogP contribution in [0.2, 0.25) is 0 Å². The molecule has 1 amide bonds. The third kappa shape index (κ3) is 3.85. The maximum absolute atomic E-state index is 12.5. The Morgan fingerprint density at radius 2 is 1.71 bits per heavy atom. The summed E-state index contributed by atoms with van der Waals surface area (Å²) >= 11 is 0. The lowest BCUT2D eigenvalue weighted by atomic mass is 9.89. The van der Waals surface area contributed by atoms with E-state index in [1.165, 1.54) is 24.8 Å². The van der Waals surface area contributed by atoms with Crippen LogP contribution in [-0.4, -0.2) is 37.0 Å². The van der Waals surface area contributed by atoms with E-state index in [1.54, 1.807) is 0 Å². The lowest BCUT2D eigenvalue weighted by Crippen LogP contribution is -2.86. The molecule has 0 radical (unpaired) electrons. The highest BCUT2D eigenvalue weighted by Gasteiger charge is 2.30. The van der Waals surface area contributed by atoms with Gasteiger partial charge >= 0.3 is 0 Å². The van der Waals surface area contributed by atoms with Crippen molar-refractivity contribution in [3.63, 3.8) is 0 Å². The van der Waals surface area contributed by atoms with Crippen molar-refractivity contribution >= 4 is 5.91 Å². The largest absolute Gasteiger partial charge is 0.346 e. The van der Waals surface area contributed by atoms with Gasteiger partial charge in [0.2, 0.25) is 5.91 Å². The Labute approximate surface area is 127 Å². The van der Waals surface area contributed by atoms with Gasteiger partial charge in [-0.05, 0) is 30.7 Å². The second-order valence-electron chi connectivity index (χ2n) is 6.60. The number of hydrogen-bond acceptors (Lipinski definition) is 1. The molecule has 0 aromatic heterocycles. The van der Waals surface area contributed by atoms with Gasteiger partial charge in [0.05, 0.1) is 13.1 Å². The first-order valence-corrected chi connectivity index (χ1v) is 8.47. The fourth-order valence-corrected chi connectivity index (χ4v) is 3.74. The standard InChI is InChI=1S/C18H26N2O/c21-18(17-6-10-19-11-7-17)20-12-8-16(9-13-20)14-15-4-2-1-3-5-15/h1-5,16-17,19H,6-14H2/p+1. The predicted molar refractivity (Wildman–Crippen MR) is 83.8 cm³/mol. The number of nitrogens with two attached hydrogens (primary N) is 1. The van der Waals surface area contributed by atoms with Crippen molar-refractivity contribution in [3.05, 3.63) is 35.9 Å². The lowest BCUT2D eigenvalue weighted by Gasteiger charge is -2.35. The molecular weight excluding hydrogens is 260 g/mol. The first-order valence-electron chi connectivity index (χ1n) is 8.47. The van der Waals surface area contributed by atoms with Gasteiger partial charge in [-0.2, -0.15) is 0 Å². The van der Waals surface area contributed by atoms with E-state index in [2.05, 4.69) is 40.5 Å². The molecule has 114 valence electrons. The number of benzene rings is 1. The van der Waals surface area contributed by atoms with E-state index >= 15 is 0 Å². The number of hydrogen-bond donors (Lipinski definition) is 1. The minimum atomic E-state index is 0.306. The monoisotopic (exact) mass is 287 g/mol. The first kappa shape index (κ1) is 14.6. The van der Waals surface area contributed by atoms with Gasteiger partial charge in [-0.25, -0.2) is 0 Å². The summed E-state index contributed by atoms with van der Waals surface area (Å²) in [4.78, 5) is 14.7. The summed E-state index contributed by atoms with van der Waals surface area (Å²) in [5.41, 5.74) is 1.44. The molecule has 2 aliphatic heterocycles. The topological polar surface area (TPSA) is 36.9 Å². The molecule has 2 heterocycles. The SMILES string of the molecule is O=C(C1CC[NH2+]CC1)N1CCC(Cc2ccccc2)CC1. The van der Waals surface area contributed by atoms with Gasteiger partial charge in [0.25, 0.3) is 0 Å². The first-order chi connectivity index (χ1) is 10.3. The fraction of sp³-hybridized carbons (Fsp3) is 0.611. The van der Waals surface area contributed by atoms with Crippen molar-refractivity contribution in [2.75, 3.05) is 26.2 Å². The van der Waals surface area contributed by atoms with Crippen LogP contribution in [0, 0.1) is 11.8 Å². The number of rotatable bonds is 3. The molecular formula is C18H27N2O+. The number of amides is 1.